The number of aromatic amines is 1. The van der Waals surface area contributed by atoms with E-state index >= 15 is 0 Å². The Morgan fingerprint density at radius 1 is 1.19 bits per heavy atom. The van der Waals surface area contributed by atoms with Gasteiger partial charge in [0, 0.05) is 17.8 Å². The Morgan fingerprint density at radius 3 is 2.48 bits per heavy atom. The number of hydrogen-bond acceptors (Lipinski definition) is 7. The zero-order valence-corrected chi connectivity index (χ0v) is 12.7. The van der Waals surface area contributed by atoms with Crippen LogP contribution in [0, 0.1) is 6.92 Å². The van der Waals surface area contributed by atoms with Crippen molar-refractivity contribution in [3.05, 3.63) is 32.2 Å². The lowest BCUT2D eigenvalue weighted by atomic mass is 10.1. The number of hydrogen-bond donors (Lipinski definition) is 3. The van der Waals surface area contributed by atoms with Crippen LogP contribution in [0.15, 0.2) is 4.79 Å². The molecule has 0 atom stereocenters. The minimum Gasteiger partial charge on any atom is -0.369 e. The van der Waals surface area contributed by atoms with Crippen molar-refractivity contribution in [2.75, 3.05) is 17.6 Å². The summed E-state index contributed by atoms with van der Waals surface area (Å²) in [5.41, 5.74) is 6.48. The number of nitrogens with zero attached hydrogens (tertiary/aromatic N) is 4. The van der Waals surface area contributed by atoms with Gasteiger partial charge in [-0.1, -0.05) is 0 Å². The van der Waals surface area contributed by atoms with Crippen molar-refractivity contribution >= 4 is 35.1 Å². The molecule has 0 fully saturated rings. The van der Waals surface area contributed by atoms with Crippen LogP contribution in [0.4, 0.5) is 11.9 Å². The Bertz CT molecular complexity index is 683. The van der Waals surface area contributed by atoms with Crippen LogP contribution in [-0.2, 0) is 6.42 Å². The molecule has 2 heterocycles. The molecule has 0 spiro atoms. The lowest BCUT2D eigenvalue weighted by molar-refractivity contribution is 0.821. The number of aryl methyl sites for hydroxylation is 1. The van der Waals surface area contributed by atoms with E-state index in [2.05, 4.69) is 30.2 Å². The van der Waals surface area contributed by atoms with Crippen molar-refractivity contribution in [1.82, 2.24) is 24.9 Å². The van der Waals surface area contributed by atoms with Gasteiger partial charge in [-0.2, -0.15) is 15.0 Å². The first kappa shape index (κ1) is 15.5. The van der Waals surface area contributed by atoms with Gasteiger partial charge in [-0.25, -0.2) is 4.98 Å². The topological polar surface area (TPSA) is 122 Å². The molecular weight excluding hydrogens is 317 g/mol. The van der Waals surface area contributed by atoms with Crippen LogP contribution in [0.5, 0.6) is 0 Å². The molecule has 0 saturated carbocycles. The lowest BCUT2D eigenvalue weighted by Gasteiger charge is -2.06. The summed E-state index contributed by atoms with van der Waals surface area (Å²) in [6.07, 6.45) is 1.23. The molecule has 0 aliphatic rings. The zero-order valence-electron chi connectivity index (χ0n) is 11.2. The van der Waals surface area contributed by atoms with Gasteiger partial charge in [-0.3, -0.25) is 9.78 Å². The van der Waals surface area contributed by atoms with Gasteiger partial charge in [-0.05, 0) is 43.0 Å². The van der Waals surface area contributed by atoms with Crippen molar-refractivity contribution in [2.45, 2.75) is 19.8 Å². The molecule has 0 bridgehead atoms. The maximum Gasteiger partial charge on any atom is 0.255 e. The fourth-order valence-corrected chi connectivity index (χ4v) is 2.16. The molecule has 2 aromatic rings. The second-order valence-electron chi connectivity index (χ2n) is 4.24. The van der Waals surface area contributed by atoms with E-state index < -0.39 is 0 Å². The number of nitrogens with two attached hydrogens (primary N) is 1. The van der Waals surface area contributed by atoms with E-state index in [1.165, 1.54) is 0 Å². The maximum absolute atomic E-state index is 11.8. The average Bonchev–Trinajstić information content (AvgIpc) is 2.35. The van der Waals surface area contributed by atoms with Gasteiger partial charge in [-0.15, -0.1) is 0 Å². The summed E-state index contributed by atoms with van der Waals surface area (Å²) in [6, 6.07) is 0. The predicted octanol–water partition coefficient (Wildman–Crippen LogP) is 1.20. The molecule has 0 aliphatic carbocycles. The number of anilines is 2. The monoisotopic (exact) mass is 329 g/mol. The van der Waals surface area contributed by atoms with Gasteiger partial charge in [0.1, 0.15) is 0 Å². The van der Waals surface area contributed by atoms with Crippen molar-refractivity contribution in [3.63, 3.8) is 0 Å². The van der Waals surface area contributed by atoms with Gasteiger partial charge in [0.2, 0.25) is 22.5 Å². The first-order valence-corrected chi connectivity index (χ1v) is 6.87. The molecular formula is C11H13Cl2N7O. The van der Waals surface area contributed by atoms with E-state index in [9.17, 15) is 4.79 Å². The van der Waals surface area contributed by atoms with E-state index in [1.807, 2.05) is 0 Å². The van der Waals surface area contributed by atoms with Crippen LogP contribution in [-0.4, -0.2) is 31.5 Å². The van der Waals surface area contributed by atoms with Crippen LogP contribution in [0.3, 0.4) is 0 Å². The summed E-state index contributed by atoms with van der Waals surface area (Å²) in [6.45, 7) is 2.29. The third-order valence-electron chi connectivity index (χ3n) is 2.71. The Balaban J connectivity index is 1.92. The number of rotatable bonds is 5. The van der Waals surface area contributed by atoms with Crippen LogP contribution in [0.1, 0.15) is 17.7 Å². The minimum absolute atomic E-state index is 0.0209. The van der Waals surface area contributed by atoms with Crippen molar-refractivity contribution < 1.29 is 0 Å². The summed E-state index contributed by atoms with van der Waals surface area (Å²) in [4.78, 5) is 29.7. The molecule has 4 N–H and O–H groups in total. The number of nitrogens with one attached hydrogen (secondary N) is 2. The summed E-state index contributed by atoms with van der Waals surface area (Å²) in [5.74, 6) is 0.412. The molecule has 8 nitrogen and oxygen atoms in total. The Kier molecular flexibility index (Phi) is 4.92. The molecule has 0 amide bonds. The highest BCUT2D eigenvalue weighted by Crippen LogP contribution is 2.10. The van der Waals surface area contributed by atoms with Gasteiger partial charge in [0.15, 0.2) is 0 Å². The molecule has 0 saturated heterocycles. The van der Waals surface area contributed by atoms with E-state index in [0.717, 1.165) is 0 Å². The van der Waals surface area contributed by atoms with Crippen LogP contribution >= 0.6 is 23.2 Å². The van der Waals surface area contributed by atoms with Crippen LogP contribution in [0.25, 0.3) is 0 Å². The van der Waals surface area contributed by atoms with E-state index in [0.29, 0.717) is 36.6 Å². The second kappa shape index (κ2) is 6.68. The third-order valence-corrected chi connectivity index (χ3v) is 3.05. The summed E-state index contributed by atoms with van der Waals surface area (Å²) in [5, 5.41) is 3.00. The Hall–Kier alpha value is -1.93. The maximum atomic E-state index is 11.8. The summed E-state index contributed by atoms with van der Waals surface area (Å²) < 4.78 is 0. The zero-order chi connectivity index (χ0) is 15.4. The van der Waals surface area contributed by atoms with Crippen molar-refractivity contribution in [2.24, 2.45) is 0 Å². The van der Waals surface area contributed by atoms with E-state index in [-0.39, 0.29) is 22.1 Å². The fraction of sp³-hybridized carbons (Fsp3) is 0.364. The van der Waals surface area contributed by atoms with Gasteiger partial charge in [0.25, 0.3) is 5.56 Å². The standard InChI is InChI=1S/C11H13Cl2N7O/c1-5-6(7(21)17-10(14)16-5)3-2-4-15-11-19-8(12)18-9(13)20-11/h2-4H2,1H3,(H3,14,16,17,21)(H,15,18,19,20). The van der Waals surface area contributed by atoms with E-state index in [1.54, 1.807) is 6.92 Å². The van der Waals surface area contributed by atoms with Crippen LogP contribution < -0.4 is 16.6 Å². The smallest absolute Gasteiger partial charge is 0.255 e. The van der Waals surface area contributed by atoms with Crippen molar-refractivity contribution in [1.29, 1.82) is 0 Å². The number of H-pyrrole nitrogens is 1. The molecule has 112 valence electrons. The molecule has 0 unspecified atom stereocenters. The van der Waals surface area contributed by atoms with Gasteiger partial charge < -0.3 is 11.1 Å². The Morgan fingerprint density at radius 2 is 1.86 bits per heavy atom. The second-order valence-corrected chi connectivity index (χ2v) is 4.92. The average molecular weight is 330 g/mol. The quantitative estimate of drug-likeness (QED) is 0.704. The SMILES string of the molecule is Cc1nc(N)[nH]c(=O)c1CCCNc1nc(Cl)nc(Cl)n1. The molecule has 0 aliphatic heterocycles. The first-order valence-electron chi connectivity index (χ1n) is 6.12. The third kappa shape index (κ3) is 4.27. The number of aromatic nitrogens is 5. The summed E-state index contributed by atoms with van der Waals surface area (Å²) in [7, 11) is 0. The van der Waals surface area contributed by atoms with Crippen LogP contribution in [0.2, 0.25) is 10.6 Å². The first-order chi connectivity index (χ1) is 9.95. The van der Waals surface area contributed by atoms with E-state index in [4.69, 9.17) is 28.9 Å². The molecule has 0 radical (unpaired) electrons. The molecule has 10 heteroatoms. The minimum atomic E-state index is -0.216. The molecule has 0 aromatic carbocycles. The van der Waals surface area contributed by atoms with Gasteiger partial charge in [0.05, 0.1) is 0 Å². The highest BCUT2D eigenvalue weighted by molar-refractivity contribution is 6.31. The Labute approximate surface area is 130 Å². The molecule has 2 rings (SSSR count). The highest BCUT2D eigenvalue weighted by Gasteiger charge is 2.07. The highest BCUT2D eigenvalue weighted by atomic mass is 35.5. The molecule has 2 aromatic heterocycles. The number of halogens is 2. The summed E-state index contributed by atoms with van der Waals surface area (Å²) >= 11 is 11.3. The lowest BCUT2D eigenvalue weighted by Crippen LogP contribution is -2.19. The molecule has 21 heavy (non-hydrogen) atoms. The predicted molar refractivity (Wildman–Crippen MR) is 80.7 cm³/mol. The fourth-order valence-electron chi connectivity index (χ4n) is 1.80. The number of nitrogen functional groups attached to an aromatic ring is 1. The van der Waals surface area contributed by atoms with Gasteiger partial charge >= 0.3 is 0 Å². The largest absolute Gasteiger partial charge is 0.369 e. The van der Waals surface area contributed by atoms with Crippen molar-refractivity contribution in [3.8, 4) is 0 Å². The normalized spacial score (nSPS) is 10.6.